The van der Waals surface area contributed by atoms with E-state index in [2.05, 4.69) is 17.3 Å². The fourth-order valence-electron chi connectivity index (χ4n) is 2.61. The van der Waals surface area contributed by atoms with Gasteiger partial charge in [0, 0.05) is 12.6 Å². The van der Waals surface area contributed by atoms with Crippen LogP contribution in [-0.2, 0) is 9.47 Å². The normalized spacial score (nSPS) is 34.8. The number of hydrogen-bond donors (Lipinski definition) is 1. The van der Waals surface area contributed by atoms with E-state index in [4.69, 9.17) is 9.47 Å². The van der Waals surface area contributed by atoms with Crippen LogP contribution in [-0.4, -0.2) is 56.1 Å². The second kappa shape index (κ2) is 5.65. The average molecular weight is 242 g/mol. The van der Waals surface area contributed by atoms with E-state index in [1.165, 1.54) is 32.4 Å². The van der Waals surface area contributed by atoms with E-state index in [0.717, 1.165) is 6.54 Å². The number of nitrogens with zero attached hydrogens (tertiary/aromatic N) is 1. The first-order chi connectivity index (χ1) is 8.05. The SMILES string of the molecule is CN1CCCC(NCC2COC(C)(C)O2)CC1. The van der Waals surface area contributed by atoms with Gasteiger partial charge in [-0.3, -0.25) is 0 Å². The molecule has 2 rings (SSSR count). The summed E-state index contributed by atoms with van der Waals surface area (Å²) in [4.78, 5) is 2.42. The molecule has 100 valence electrons. The maximum atomic E-state index is 5.80. The van der Waals surface area contributed by atoms with E-state index in [1.807, 2.05) is 13.8 Å². The molecule has 0 aromatic rings. The van der Waals surface area contributed by atoms with Crippen LogP contribution in [0, 0.1) is 0 Å². The molecular weight excluding hydrogens is 216 g/mol. The Morgan fingerprint density at radius 2 is 2.12 bits per heavy atom. The van der Waals surface area contributed by atoms with E-state index in [-0.39, 0.29) is 6.10 Å². The molecule has 2 aliphatic rings. The molecular formula is C13H26N2O2. The van der Waals surface area contributed by atoms with Crippen LogP contribution in [0.2, 0.25) is 0 Å². The molecule has 0 amide bonds. The predicted octanol–water partition coefficient (Wildman–Crippen LogP) is 1.21. The Balaban J connectivity index is 1.68. The van der Waals surface area contributed by atoms with Crippen LogP contribution in [0.25, 0.3) is 0 Å². The van der Waals surface area contributed by atoms with Crippen LogP contribution in [0.4, 0.5) is 0 Å². The average Bonchev–Trinajstić information content (AvgIpc) is 2.48. The van der Waals surface area contributed by atoms with Gasteiger partial charge in [-0.25, -0.2) is 0 Å². The van der Waals surface area contributed by atoms with E-state index < -0.39 is 5.79 Å². The minimum absolute atomic E-state index is 0.214. The van der Waals surface area contributed by atoms with Crippen molar-refractivity contribution in [3.05, 3.63) is 0 Å². The van der Waals surface area contributed by atoms with Crippen molar-refractivity contribution >= 4 is 0 Å². The van der Waals surface area contributed by atoms with Gasteiger partial charge >= 0.3 is 0 Å². The highest BCUT2D eigenvalue weighted by molar-refractivity contribution is 4.78. The van der Waals surface area contributed by atoms with Gasteiger partial charge in [0.2, 0.25) is 0 Å². The number of rotatable bonds is 3. The minimum atomic E-state index is -0.393. The molecule has 2 unspecified atom stereocenters. The second-order valence-electron chi connectivity index (χ2n) is 5.79. The Kier molecular flexibility index (Phi) is 4.42. The molecule has 0 aromatic carbocycles. The van der Waals surface area contributed by atoms with Crippen molar-refractivity contribution in [3.63, 3.8) is 0 Å². The van der Waals surface area contributed by atoms with E-state index >= 15 is 0 Å². The maximum absolute atomic E-state index is 5.80. The Morgan fingerprint density at radius 1 is 1.29 bits per heavy atom. The molecule has 4 heteroatoms. The lowest BCUT2D eigenvalue weighted by Crippen LogP contribution is -2.37. The Bertz CT molecular complexity index is 246. The van der Waals surface area contributed by atoms with Crippen molar-refractivity contribution < 1.29 is 9.47 Å². The number of likely N-dealkylation sites (tertiary alicyclic amines) is 1. The predicted molar refractivity (Wildman–Crippen MR) is 68.0 cm³/mol. The molecule has 0 saturated carbocycles. The zero-order chi connectivity index (χ0) is 12.3. The molecule has 17 heavy (non-hydrogen) atoms. The molecule has 0 aliphatic carbocycles. The summed E-state index contributed by atoms with van der Waals surface area (Å²) in [6.45, 7) is 8.02. The number of ether oxygens (including phenoxy) is 2. The molecule has 2 saturated heterocycles. The Hall–Kier alpha value is -0.160. The van der Waals surface area contributed by atoms with Gasteiger partial charge in [0.25, 0.3) is 0 Å². The van der Waals surface area contributed by atoms with Gasteiger partial charge in [0.1, 0.15) is 0 Å². The first-order valence-corrected chi connectivity index (χ1v) is 6.79. The van der Waals surface area contributed by atoms with Crippen molar-refractivity contribution in [1.82, 2.24) is 10.2 Å². The standard InChI is InChI=1S/C13H26N2O2/c1-13(2)16-10-12(17-13)9-14-11-5-4-7-15(3)8-6-11/h11-12,14H,4-10H2,1-3H3. The lowest BCUT2D eigenvalue weighted by Gasteiger charge is -2.20. The summed E-state index contributed by atoms with van der Waals surface area (Å²) in [5, 5.41) is 3.63. The third kappa shape index (κ3) is 4.21. The molecule has 2 fully saturated rings. The molecule has 4 nitrogen and oxygen atoms in total. The van der Waals surface area contributed by atoms with Crippen LogP contribution in [0.15, 0.2) is 0 Å². The summed E-state index contributed by atoms with van der Waals surface area (Å²) in [6.07, 6.45) is 4.03. The molecule has 2 heterocycles. The van der Waals surface area contributed by atoms with E-state index in [1.54, 1.807) is 0 Å². The second-order valence-corrected chi connectivity index (χ2v) is 5.79. The summed E-state index contributed by atoms with van der Waals surface area (Å²) in [5.41, 5.74) is 0. The summed E-state index contributed by atoms with van der Waals surface area (Å²) in [7, 11) is 2.21. The summed E-state index contributed by atoms with van der Waals surface area (Å²) in [6, 6.07) is 0.646. The van der Waals surface area contributed by atoms with Gasteiger partial charge in [0.15, 0.2) is 5.79 Å². The van der Waals surface area contributed by atoms with Gasteiger partial charge in [0.05, 0.1) is 12.7 Å². The van der Waals surface area contributed by atoms with Crippen molar-refractivity contribution in [2.75, 3.05) is 33.3 Å². The number of nitrogens with one attached hydrogen (secondary N) is 1. The summed E-state index contributed by atoms with van der Waals surface area (Å²) >= 11 is 0. The first kappa shape index (κ1) is 13.3. The molecule has 0 radical (unpaired) electrons. The monoisotopic (exact) mass is 242 g/mol. The van der Waals surface area contributed by atoms with Crippen LogP contribution in [0.5, 0.6) is 0 Å². The molecule has 0 spiro atoms. The molecule has 1 N–H and O–H groups in total. The van der Waals surface area contributed by atoms with E-state index in [0.29, 0.717) is 12.6 Å². The molecule has 2 aliphatic heterocycles. The minimum Gasteiger partial charge on any atom is -0.348 e. The Labute approximate surface area is 105 Å². The maximum Gasteiger partial charge on any atom is 0.163 e. The van der Waals surface area contributed by atoms with Crippen LogP contribution >= 0.6 is 0 Å². The fourth-order valence-corrected chi connectivity index (χ4v) is 2.61. The van der Waals surface area contributed by atoms with Crippen molar-refractivity contribution in [3.8, 4) is 0 Å². The van der Waals surface area contributed by atoms with Crippen molar-refractivity contribution in [1.29, 1.82) is 0 Å². The third-order valence-corrected chi connectivity index (χ3v) is 3.65. The lowest BCUT2D eigenvalue weighted by molar-refractivity contribution is -0.137. The quantitative estimate of drug-likeness (QED) is 0.806. The number of hydrogen-bond acceptors (Lipinski definition) is 4. The highest BCUT2D eigenvalue weighted by Gasteiger charge is 2.32. The van der Waals surface area contributed by atoms with E-state index in [9.17, 15) is 0 Å². The largest absolute Gasteiger partial charge is 0.348 e. The van der Waals surface area contributed by atoms with Gasteiger partial charge in [-0.1, -0.05) is 0 Å². The summed E-state index contributed by atoms with van der Waals surface area (Å²) < 4.78 is 11.4. The lowest BCUT2D eigenvalue weighted by atomic mass is 10.1. The third-order valence-electron chi connectivity index (χ3n) is 3.65. The van der Waals surface area contributed by atoms with Crippen molar-refractivity contribution in [2.45, 2.75) is 51.0 Å². The highest BCUT2D eigenvalue weighted by Crippen LogP contribution is 2.22. The van der Waals surface area contributed by atoms with Gasteiger partial charge in [-0.2, -0.15) is 0 Å². The van der Waals surface area contributed by atoms with Crippen LogP contribution in [0.3, 0.4) is 0 Å². The highest BCUT2D eigenvalue weighted by atomic mass is 16.7. The zero-order valence-electron chi connectivity index (χ0n) is 11.4. The Morgan fingerprint density at radius 3 is 2.82 bits per heavy atom. The van der Waals surface area contributed by atoms with Gasteiger partial charge in [-0.15, -0.1) is 0 Å². The van der Waals surface area contributed by atoms with Gasteiger partial charge in [-0.05, 0) is 53.2 Å². The fraction of sp³-hybridized carbons (Fsp3) is 1.00. The van der Waals surface area contributed by atoms with Crippen LogP contribution < -0.4 is 5.32 Å². The summed E-state index contributed by atoms with van der Waals surface area (Å²) in [5.74, 6) is -0.393. The van der Waals surface area contributed by atoms with Crippen molar-refractivity contribution in [2.24, 2.45) is 0 Å². The smallest absolute Gasteiger partial charge is 0.163 e. The first-order valence-electron chi connectivity index (χ1n) is 6.79. The topological polar surface area (TPSA) is 33.7 Å². The zero-order valence-corrected chi connectivity index (χ0v) is 11.4. The van der Waals surface area contributed by atoms with Crippen LogP contribution in [0.1, 0.15) is 33.1 Å². The van der Waals surface area contributed by atoms with Gasteiger partial charge < -0.3 is 19.7 Å². The molecule has 0 aromatic heterocycles. The molecule has 0 bridgehead atoms. The molecule has 2 atom stereocenters.